The van der Waals surface area contributed by atoms with Crippen LogP contribution in [0.25, 0.3) is 10.9 Å². The fourth-order valence-corrected chi connectivity index (χ4v) is 4.11. The van der Waals surface area contributed by atoms with Gasteiger partial charge < -0.3 is 9.47 Å². The van der Waals surface area contributed by atoms with Crippen molar-refractivity contribution in [3.8, 4) is 0 Å². The van der Waals surface area contributed by atoms with Gasteiger partial charge in [-0.05, 0) is 18.1 Å². The molecule has 1 fully saturated rings. The molecule has 2 heterocycles. The first-order valence-corrected chi connectivity index (χ1v) is 10.3. The van der Waals surface area contributed by atoms with Gasteiger partial charge in [0.2, 0.25) is 5.78 Å². The lowest BCUT2D eigenvalue weighted by molar-refractivity contribution is -0.104. The van der Waals surface area contributed by atoms with Crippen LogP contribution in [0.1, 0.15) is 15.9 Å². The molecule has 1 aliphatic rings. The lowest BCUT2D eigenvalue weighted by Crippen LogP contribution is -2.47. The molecule has 0 spiro atoms. The molecule has 5 heteroatoms. The average Bonchev–Trinajstić information content (AvgIpc) is 3.16. The molecule has 0 N–H and O–H groups in total. The highest BCUT2D eigenvalue weighted by Crippen LogP contribution is 2.21. The van der Waals surface area contributed by atoms with Crippen molar-refractivity contribution in [1.29, 1.82) is 0 Å². The lowest BCUT2D eigenvalue weighted by Gasteiger charge is -2.34. The number of hydrogen-bond acceptors (Lipinski definition) is 4. The normalized spacial score (nSPS) is 15.6. The van der Waals surface area contributed by atoms with Crippen LogP contribution in [0.15, 0.2) is 60.8 Å². The Balaban J connectivity index is 1.30. The van der Waals surface area contributed by atoms with Crippen molar-refractivity contribution in [1.82, 2.24) is 14.4 Å². The smallest absolute Gasteiger partial charge is 0.227 e. The zero-order valence-corrected chi connectivity index (χ0v) is 16.7. The minimum Gasteiger partial charge on any atom is -0.345 e. The second kappa shape index (κ2) is 9.16. The van der Waals surface area contributed by atoms with Crippen LogP contribution >= 0.6 is 0 Å². The molecule has 0 unspecified atom stereocenters. The average molecular weight is 389 g/mol. The Labute approximate surface area is 171 Å². The van der Waals surface area contributed by atoms with E-state index in [0.717, 1.165) is 63.1 Å². The molecule has 5 nitrogen and oxygen atoms in total. The summed E-state index contributed by atoms with van der Waals surface area (Å²) in [7, 11) is 0. The van der Waals surface area contributed by atoms with E-state index >= 15 is 0 Å². The number of carbonyl (C=O) groups is 2. The molecule has 1 aliphatic heterocycles. The molecule has 1 aromatic heterocycles. The summed E-state index contributed by atoms with van der Waals surface area (Å²) in [6.45, 7) is 7.18. The summed E-state index contributed by atoms with van der Waals surface area (Å²) in [4.78, 5) is 27.9. The summed E-state index contributed by atoms with van der Waals surface area (Å²) >= 11 is 0. The number of ketones is 1. The monoisotopic (exact) mass is 389 g/mol. The topological polar surface area (TPSA) is 45.6 Å². The van der Waals surface area contributed by atoms with Gasteiger partial charge in [0.1, 0.15) is 0 Å². The number of nitrogens with zero attached hydrogens (tertiary/aromatic N) is 3. The fourth-order valence-electron chi connectivity index (χ4n) is 4.11. The van der Waals surface area contributed by atoms with Gasteiger partial charge >= 0.3 is 0 Å². The predicted octanol–water partition coefficient (Wildman–Crippen LogP) is 2.88. The highest BCUT2D eigenvalue weighted by atomic mass is 16.2. The minimum atomic E-state index is -0.452. The number of carbonyl (C=O) groups excluding carboxylic acids is 2. The standard InChI is InChI=1S/C24H27N3O2/c28-19-24(29)22-18-27(23-9-5-4-8-21(22)23)17-16-26-14-12-25(13-15-26)11-10-20-6-2-1-3-7-20/h1-9,18-19H,10-17H2. The Morgan fingerprint density at radius 1 is 0.828 bits per heavy atom. The highest BCUT2D eigenvalue weighted by molar-refractivity contribution is 6.36. The highest BCUT2D eigenvalue weighted by Gasteiger charge is 2.18. The summed E-state index contributed by atoms with van der Waals surface area (Å²) < 4.78 is 2.11. The quantitative estimate of drug-likeness (QED) is 0.338. The number of aldehydes is 1. The largest absolute Gasteiger partial charge is 0.345 e. The van der Waals surface area contributed by atoms with Gasteiger partial charge in [0.25, 0.3) is 0 Å². The van der Waals surface area contributed by atoms with Gasteiger partial charge in [-0.1, -0.05) is 48.5 Å². The van der Waals surface area contributed by atoms with Gasteiger partial charge in [-0.3, -0.25) is 14.5 Å². The van der Waals surface area contributed by atoms with E-state index in [1.165, 1.54) is 5.56 Å². The first-order valence-electron chi connectivity index (χ1n) is 10.3. The van der Waals surface area contributed by atoms with Crippen molar-refractivity contribution in [3.63, 3.8) is 0 Å². The summed E-state index contributed by atoms with van der Waals surface area (Å²) in [6.07, 6.45) is 3.34. The summed E-state index contributed by atoms with van der Waals surface area (Å²) in [5.41, 5.74) is 2.91. The van der Waals surface area contributed by atoms with E-state index in [1.807, 2.05) is 30.5 Å². The Kier molecular flexibility index (Phi) is 6.17. The van der Waals surface area contributed by atoms with Crippen molar-refractivity contribution < 1.29 is 9.59 Å². The number of hydrogen-bond donors (Lipinski definition) is 0. The first kappa shape index (κ1) is 19.6. The van der Waals surface area contributed by atoms with Gasteiger partial charge in [-0.2, -0.15) is 0 Å². The van der Waals surface area contributed by atoms with E-state index in [4.69, 9.17) is 0 Å². The van der Waals surface area contributed by atoms with E-state index in [9.17, 15) is 9.59 Å². The van der Waals surface area contributed by atoms with Crippen LogP contribution in [0.5, 0.6) is 0 Å². The first-order chi connectivity index (χ1) is 14.2. The number of aromatic nitrogens is 1. The van der Waals surface area contributed by atoms with E-state index in [2.05, 4.69) is 44.7 Å². The molecular formula is C24H27N3O2. The number of Topliss-reactive ketones (excluding diaryl/α,β-unsaturated/α-hetero) is 1. The molecule has 29 heavy (non-hydrogen) atoms. The Hall–Kier alpha value is -2.76. The van der Waals surface area contributed by atoms with E-state index in [1.54, 1.807) is 0 Å². The molecule has 2 aromatic carbocycles. The van der Waals surface area contributed by atoms with Crippen molar-refractivity contribution in [3.05, 3.63) is 71.9 Å². The molecule has 0 atom stereocenters. The van der Waals surface area contributed by atoms with Gasteiger partial charge in [0.05, 0.1) is 5.56 Å². The number of benzene rings is 2. The zero-order chi connectivity index (χ0) is 20.1. The summed E-state index contributed by atoms with van der Waals surface area (Å²) in [6, 6.07) is 18.5. The van der Waals surface area contributed by atoms with Crippen LogP contribution in [-0.2, 0) is 17.8 Å². The van der Waals surface area contributed by atoms with Gasteiger partial charge in [-0.15, -0.1) is 0 Å². The third-order valence-corrected chi connectivity index (χ3v) is 5.84. The summed E-state index contributed by atoms with van der Waals surface area (Å²) in [5.74, 6) is -0.452. The third kappa shape index (κ3) is 4.63. The molecule has 150 valence electrons. The molecule has 0 bridgehead atoms. The molecule has 1 saturated heterocycles. The number of para-hydroxylation sites is 1. The van der Waals surface area contributed by atoms with Crippen LogP contribution in [-0.4, -0.2) is 65.7 Å². The second-order valence-electron chi connectivity index (χ2n) is 7.65. The van der Waals surface area contributed by atoms with Crippen LogP contribution in [0.4, 0.5) is 0 Å². The Bertz CT molecular complexity index is 972. The van der Waals surface area contributed by atoms with Crippen molar-refractivity contribution in [2.75, 3.05) is 39.3 Å². The van der Waals surface area contributed by atoms with Crippen LogP contribution in [0.3, 0.4) is 0 Å². The number of piperazine rings is 1. The van der Waals surface area contributed by atoms with Crippen LogP contribution < -0.4 is 0 Å². The molecule has 0 saturated carbocycles. The third-order valence-electron chi connectivity index (χ3n) is 5.84. The Morgan fingerprint density at radius 3 is 2.21 bits per heavy atom. The van der Waals surface area contributed by atoms with Crippen LogP contribution in [0.2, 0.25) is 0 Å². The lowest BCUT2D eigenvalue weighted by atomic mass is 10.1. The molecule has 0 aliphatic carbocycles. The molecular weight excluding hydrogens is 362 g/mol. The molecule has 0 radical (unpaired) electrons. The maximum atomic E-state index is 11.9. The minimum absolute atomic E-state index is 0.404. The molecule has 4 rings (SSSR count). The molecule has 0 amide bonds. The molecule has 3 aromatic rings. The van der Waals surface area contributed by atoms with E-state index in [-0.39, 0.29) is 0 Å². The van der Waals surface area contributed by atoms with E-state index < -0.39 is 5.78 Å². The van der Waals surface area contributed by atoms with Gasteiger partial charge in [-0.25, -0.2) is 0 Å². The SMILES string of the molecule is O=CC(=O)c1cn(CCN2CCN(CCc3ccccc3)CC2)c2ccccc12. The van der Waals surface area contributed by atoms with Crippen LogP contribution in [0, 0.1) is 0 Å². The van der Waals surface area contributed by atoms with Crippen molar-refractivity contribution in [2.24, 2.45) is 0 Å². The van der Waals surface area contributed by atoms with Crippen molar-refractivity contribution in [2.45, 2.75) is 13.0 Å². The van der Waals surface area contributed by atoms with Crippen molar-refractivity contribution >= 4 is 23.0 Å². The summed E-state index contributed by atoms with van der Waals surface area (Å²) in [5, 5.41) is 0.857. The zero-order valence-electron chi connectivity index (χ0n) is 16.7. The van der Waals surface area contributed by atoms with Gasteiger partial charge in [0, 0.05) is 62.9 Å². The second-order valence-corrected chi connectivity index (χ2v) is 7.65. The maximum absolute atomic E-state index is 11.9. The number of rotatable bonds is 8. The number of fused-ring (bicyclic) bond motifs is 1. The fraction of sp³-hybridized carbons (Fsp3) is 0.333. The van der Waals surface area contributed by atoms with E-state index in [0.29, 0.717) is 11.8 Å². The maximum Gasteiger partial charge on any atom is 0.227 e. The predicted molar refractivity (Wildman–Crippen MR) is 115 cm³/mol. The Morgan fingerprint density at radius 2 is 1.48 bits per heavy atom. The van der Waals surface area contributed by atoms with Gasteiger partial charge in [0.15, 0.2) is 6.29 Å².